The van der Waals surface area contributed by atoms with E-state index in [2.05, 4.69) is 15.6 Å². The molecule has 0 bridgehead atoms. The van der Waals surface area contributed by atoms with Crippen LogP contribution in [-0.4, -0.2) is 47.0 Å². The zero-order valence-electron chi connectivity index (χ0n) is 21.8. The largest absolute Gasteiger partial charge is 0.465 e. The van der Waals surface area contributed by atoms with Gasteiger partial charge < -0.3 is 15.6 Å². The number of urea groups is 1. The molecule has 3 aromatic rings. The van der Waals surface area contributed by atoms with Crippen molar-refractivity contribution in [1.82, 2.24) is 5.01 Å². The van der Waals surface area contributed by atoms with Gasteiger partial charge in [-0.2, -0.15) is 22.7 Å². The number of anilines is 1. The van der Waals surface area contributed by atoms with Gasteiger partial charge in [0.2, 0.25) is 5.91 Å². The molecule has 1 heterocycles. The van der Waals surface area contributed by atoms with Crippen LogP contribution in [0.25, 0.3) is 0 Å². The minimum atomic E-state index is -3.01. The second kappa shape index (κ2) is 14.8. The van der Waals surface area contributed by atoms with Gasteiger partial charge in [0.05, 0.1) is 24.4 Å². The molecule has 0 fully saturated rings. The van der Waals surface area contributed by atoms with Crippen molar-refractivity contribution in [2.75, 3.05) is 11.4 Å². The molecule has 3 aromatic carbocycles. The van der Waals surface area contributed by atoms with E-state index in [0.29, 0.717) is 16.2 Å². The molecular weight excluding hydrogens is 603 g/mol. The summed E-state index contributed by atoms with van der Waals surface area (Å²) < 4.78 is 68.7. The smallest absolute Gasteiger partial charge is 0.402 e. The highest BCUT2D eigenvalue weighted by Crippen LogP contribution is 2.32. The summed E-state index contributed by atoms with van der Waals surface area (Å²) in [6.45, 7) is -3.06. The lowest BCUT2D eigenvalue weighted by Crippen LogP contribution is -2.44. The van der Waals surface area contributed by atoms with Gasteiger partial charge in [-0.25, -0.2) is 23.9 Å². The number of carbonyl (C=O) groups is 3. The fraction of sp³-hybridized carbons (Fsp3) is 0.143. The molecule has 226 valence electrons. The number of halogens is 6. The lowest BCUT2D eigenvalue weighted by molar-refractivity contribution is -0.117. The lowest BCUT2D eigenvalue weighted by atomic mass is 9.90. The van der Waals surface area contributed by atoms with E-state index in [9.17, 15) is 31.5 Å². The van der Waals surface area contributed by atoms with Gasteiger partial charge in [0.1, 0.15) is 5.75 Å². The molecule has 1 unspecified atom stereocenters. The van der Waals surface area contributed by atoms with Gasteiger partial charge in [0.25, 0.3) is 0 Å². The lowest BCUT2D eigenvalue weighted by Gasteiger charge is -2.25. The number of carboxylic acid groups (broad SMARTS) is 1. The van der Waals surface area contributed by atoms with Gasteiger partial charge in [-0.3, -0.25) is 4.79 Å². The molecule has 1 aliphatic heterocycles. The zero-order chi connectivity index (χ0) is 31.7. The van der Waals surface area contributed by atoms with Crippen molar-refractivity contribution >= 4 is 41.0 Å². The molecule has 4 amide bonds. The summed E-state index contributed by atoms with van der Waals surface area (Å²) in [5, 5.41) is 12.8. The number of nitrogens with zero attached hydrogens (tertiary/aromatic N) is 3. The third-order valence-electron chi connectivity index (χ3n) is 5.75. The van der Waals surface area contributed by atoms with Crippen LogP contribution >= 0.6 is 11.6 Å². The Morgan fingerprint density at radius 1 is 1.00 bits per heavy atom. The minimum Gasteiger partial charge on any atom is -0.465 e. The molecular formula is C28H22ClF5N4O5. The van der Waals surface area contributed by atoms with Crippen molar-refractivity contribution < 1.29 is 46.2 Å². The van der Waals surface area contributed by atoms with Gasteiger partial charge in [0.15, 0.2) is 5.83 Å². The molecule has 0 aromatic heterocycles. The molecule has 15 heteroatoms. The molecule has 0 spiro atoms. The van der Waals surface area contributed by atoms with E-state index in [4.69, 9.17) is 21.5 Å². The quantitative estimate of drug-likeness (QED) is 0.274. The maximum atomic E-state index is 13.7. The third kappa shape index (κ3) is 9.00. The van der Waals surface area contributed by atoms with Crippen molar-refractivity contribution in [3.63, 3.8) is 0 Å². The number of hydrazone groups is 1. The SMILES string of the molecule is NC(=O)O.O=C(CC(F)=C(F)F)N(C(=O)N1CC(c2ccccc2)C(c2ccc(OC(F)F)cc2)=N1)c1ccc(Cl)cc1. The number of imide groups is 1. The summed E-state index contributed by atoms with van der Waals surface area (Å²) in [5.74, 6) is -3.79. The summed E-state index contributed by atoms with van der Waals surface area (Å²) in [7, 11) is 0. The van der Waals surface area contributed by atoms with E-state index in [1.165, 1.54) is 48.5 Å². The number of rotatable bonds is 7. The highest BCUT2D eigenvalue weighted by Gasteiger charge is 2.37. The van der Waals surface area contributed by atoms with Gasteiger partial charge >= 0.3 is 24.8 Å². The molecule has 0 aliphatic carbocycles. The van der Waals surface area contributed by atoms with Crippen LogP contribution in [0.4, 0.5) is 37.2 Å². The van der Waals surface area contributed by atoms with E-state index in [1.807, 2.05) is 0 Å². The Morgan fingerprint density at radius 2 is 1.58 bits per heavy atom. The number of nitrogens with two attached hydrogens (primary N) is 1. The summed E-state index contributed by atoms with van der Waals surface area (Å²) in [6, 6.07) is 18.9. The monoisotopic (exact) mass is 624 g/mol. The van der Waals surface area contributed by atoms with E-state index in [-0.39, 0.29) is 23.0 Å². The second-order valence-corrected chi connectivity index (χ2v) is 9.04. The van der Waals surface area contributed by atoms with Crippen LogP contribution in [0.1, 0.15) is 23.5 Å². The van der Waals surface area contributed by atoms with Crippen LogP contribution in [0.5, 0.6) is 5.75 Å². The van der Waals surface area contributed by atoms with Crippen molar-refractivity contribution in [2.45, 2.75) is 19.0 Å². The van der Waals surface area contributed by atoms with Crippen molar-refractivity contribution in [3.05, 3.63) is 107 Å². The summed E-state index contributed by atoms with van der Waals surface area (Å²) >= 11 is 5.90. The van der Waals surface area contributed by atoms with Gasteiger partial charge in [-0.15, -0.1) is 0 Å². The highest BCUT2D eigenvalue weighted by atomic mass is 35.5. The van der Waals surface area contributed by atoms with Gasteiger partial charge in [-0.1, -0.05) is 41.9 Å². The Morgan fingerprint density at radius 3 is 2.12 bits per heavy atom. The van der Waals surface area contributed by atoms with E-state index < -0.39 is 48.9 Å². The molecule has 4 rings (SSSR count). The average Bonchev–Trinajstić information content (AvgIpc) is 3.40. The molecule has 0 saturated heterocycles. The molecule has 1 atom stereocenters. The summed E-state index contributed by atoms with van der Waals surface area (Å²) in [6.07, 6.45) is -5.36. The normalized spacial score (nSPS) is 13.9. The van der Waals surface area contributed by atoms with Gasteiger partial charge in [-0.05, 0) is 59.7 Å². The maximum Gasteiger partial charge on any atom is 0.402 e. The Labute approximate surface area is 246 Å². The maximum absolute atomic E-state index is 13.7. The number of hydrogen-bond donors (Lipinski definition) is 2. The molecule has 43 heavy (non-hydrogen) atoms. The summed E-state index contributed by atoms with van der Waals surface area (Å²) in [4.78, 5) is 35.8. The van der Waals surface area contributed by atoms with Crippen LogP contribution in [0.3, 0.4) is 0 Å². The van der Waals surface area contributed by atoms with Crippen LogP contribution in [0.2, 0.25) is 5.02 Å². The van der Waals surface area contributed by atoms with Crippen molar-refractivity contribution in [1.29, 1.82) is 0 Å². The summed E-state index contributed by atoms with van der Waals surface area (Å²) in [5.41, 5.74) is 5.62. The Hall–Kier alpha value is -4.98. The number of primary amides is 1. The van der Waals surface area contributed by atoms with E-state index in [1.54, 1.807) is 30.3 Å². The fourth-order valence-electron chi connectivity index (χ4n) is 3.98. The van der Waals surface area contributed by atoms with Crippen molar-refractivity contribution in [3.8, 4) is 5.75 Å². The third-order valence-corrected chi connectivity index (χ3v) is 6.00. The number of hydrogen-bond acceptors (Lipinski definition) is 5. The number of alkyl halides is 2. The van der Waals surface area contributed by atoms with Crippen LogP contribution in [0, 0.1) is 0 Å². The van der Waals surface area contributed by atoms with Gasteiger partial charge in [0, 0.05) is 10.9 Å². The minimum absolute atomic E-state index is 0.0325. The number of amides is 4. The van der Waals surface area contributed by atoms with Crippen LogP contribution in [0.15, 0.2) is 95.9 Å². The topological polar surface area (TPSA) is 126 Å². The predicted octanol–water partition coefficient (Wildman–Crippen LogP) is 6.99. The zero-order valence-corrected chi connectivity index (χ0v) is 22.6. The number of benzene rings is 3. The molecule has 3 N–H and O–H groups in total. The number of carbonyl (C=O) groups excluding carboxylic acids is 2. The number of ether oxygens (including phenoxy) is 1. The van der Waals surface area contributed by atoms with E-state index in [0.717, 1.165) is 10.6 Å². The van der Waals surface area contributed by atoms with E-state index >= 15 is 0 Å². The Balaban J connectivity index is 0.00000119. The van der Waals surface area contributed by atoms with Crippen LogP contribution < -0.4 is 15.4 Å². The first kappa shape index (κ1) is 32.5. The molecule has 1 aliphatic rings. The molecule has 0 saturated carbocycles. The average molecular weight is 625 g/mol. The fourth-order valence-corrected chi connectivity index (χ4v) is 4.11. The second-order valence-electron chi connectivity index (χ2n) is 8.60. The molecule has 0 radical (unpaired) electrons. The first-order valence-electron chi connectivity index (χ1n) is 12.1. The first-order chi connectivity index (χ1) is 20.4. The standard InChI is InChI=1S/C27H19ClF5N3O3.CH3NO2/c28-18-8-10-19(11-9-18)36(23(37)14-22(29)25(30)31)27(38)35-15-21(16-4-2-1-3-5-16)24(34-35)17-6-12-20(13-7-17)39-26(32)33;2-1(3)4/h1-13,21,26H,14-15H2;2H2,(H,3,4). The van der Waals surface area contributed by atoms with Crippen LogP contribution in [-0.2, 0) is 4.79 Å². The first-order valence-corrected chi connectivity index (χ1v) is 12.5. The Bertz CT molecular complexity index is 1500. The molecule has 9 nitrogen and oxygen atoms in total. The Kier molecular flexibility index (Phi) is 11.2. The van der Waals surface area contributed by atoms with Crippen molar-refractivity contribution in [2.24, 2.45) is 10.8 Å². The predicted molar refractivity (Wildman–Crippen MR) is 147 cm³/mol. The highest BCUT2D eigenvalue weighted by molar-refractivity contribution is 6.30.